The highest BCUT2D eigenvalue weighted by atomic mass is 16.5. The summed E-state index contributed by atoms with van der Waals surface area (Å²) in [6.45, 7) is 6.36. The van der Waals surface area contributed by atoms with Crippen molar-refractivity contribution >= 4 is 5.97 Å². The maximum Gasteiger partial charge on any atom is 0.333 e. The average molecular weight is 354 g/mol. The number of rotatable bonds is 11. The van der Waals surface area contributed by atoms with Crippen molar-refractivity contribution in [2.45, 2.75) is 65.7 Å². The van der Waals surface area contributed by atoms with Crippen molar-refractivity contribution in [3.8, 4) is 6.07 Å². The Morgan fingerprint density at radius 3 is 2.38 bits per heavy atom. The first-order valence-electron chi connectivity index (χ1n) is 9.67. The highest BCUT2D eigenvalue weighted by Crippen LogP contribution is 2.24. The minimum atomic E-state index is -0.261. The van der Waals surface area contributed by atoms with Gasteiger partial charge in [0.1, 0.15) is 0 Å². The van der Waals surface area contributed by atoms with Crippen LogP contribution < -0.4 is 0 Å². The fourth-order valence-corrected chi connectivity index (χ4v) is 2.95. The van der Waals surface area contributed by atoms with Crippen LogP contribution in [0.4, 0.5) is 0 Å². The van der Waals surface area contributed by atoms with Gasteiger partial charge in [-0.1, -0.05) is 68.7 Å². The van der Waals surface area contributed by atoms with E-state index in [0.29, 0.717) is 18.6 Å². The quantitative estimate of drug-likeness (QED) is 0.282. The third-order valence-electron chi connectivity index (χ3n) is 4.22. The molecule has 0 atom stereocenters. The van der Waals surface area contributed by atoms with Crippen LogP contribution in [0.25, 0.3) is 0 Å². The molecule has 1 aromatic rings. The zero-order chi connectivity index (χ0) is 19.2. The lowest BCUT2D eigenvalue weighted by atomic mass is 9.93. The Kier molecular flexibility index (Phi) is 10.8. The van der Waals surface area contributed by atoms with Gasteiger partial charge in [-0.3, -0.25) is 0 Å². The molecule has 0 fully saturated rings. The molecule has 0 aromatic heterocycles. The van der Waals surface area contributed by atoms with Crippen molar-refractivity contribution in [3.63, 3.8) is 0 Å². The molecule has 0 spiro atoms. The summed E-state index contributed by atoms with van der Waals surface area (Å²) in [6.07, 6.45) is 7.69. The van der Waals surface area contributed by atoms with Gasteiger partial charge in [0.25, 0.3) is 0 Å². The number of esters is 1. The summed E-state index contributed by atoms with van der Waals surface area (Å²) in [5, 5.41) is 9.49. The molecule has 0 heterocycles. The second-order valence-corrected chi connectivity index (χ2v) is 6.34. The van der Waals surface area contributed by atoms with Gasteiger partial charge >= 0.3 is 5.97 Å². The normalized spacial score (nSPS) is 12.3. The number of carbonyl (C=O) groups is 1. The lowest BCUT2D eigenvalue weighted by molar-refractivity contribution is -0.138. The Morgan fingerprint density at radius 2 is 1.81 bits per heavy atom. The summed E-state index contributed by atoms with van der Waals surface area (Å²) in [6, 6.07) is 12.6. The van der Waals surface area contributed by atoms with E-state index in [4.69, 9.17) is 4.74 Å². The van der Waals surface area contributed by atoms with E-state index in [0.717, 1.165) is 49.7 Å². The van der Waals surface area contributed by atoms with Crippen molar-refractivity contribution in [1.82, 2.24) is 0 Å². The molecule has 3 nitrogen and oxygen atoms in total. The highest BCUT2D eigenvalue weighted by molar-refractivity contribution is 5.89. The maximum absolute atomic E-state index is 12.4. The third-order valence-corrected chi connectivity index (χ3v) is 4.22. The largest absolute Gasteiger partial charge is 0.463 e. The average Bonchev–Trinajstić information content (AvgIpc) is 2.65. The first kappa shape index (κ1) is 21.7. The van der Waals surface area contributed by atoms with Gasteiger partial charge in [0.05, 0.1) is 12.7 Å². The zero-order valence-electron chi connectivity index (χ0n) is 16.4. The Labute approximate surface area is 158 Å². The number of hydrogen-bond acceptors (Lipinski definition) is 3. The van der Waals surface area contributed by atoms with Crippen LogP contribution in [0.3, 0.4) is 0 Å². The summed E-state index contributed by atoms with van der Waals surface area (Å²) < 4.78 is 5.25. The molecule has 1 rings (SSSR count). The van der Waals surface area contributed by atoms with Crippen LogP contribution >= 0.6 is 0 Å². The molecule has 140 valence electrons. The van der Waals surface area contributed by atoms with Crippen LogP contribution in [0.1, 0.15) is 64.9 Å². The molecule has 0 N–H and O–H groups in total. The van der Waals surface area contributed by atoms with E-state index in [1.807, 2.05) is 31.2 Å². The van der Waals surface area contributed by atoms with Gasteiger partial charge in [0.15, 0.2) is 0 Å². The number of nitrogens with zero attached hydrogens (tertiary/aromatic N) is 1. The minimum Gasteiger partial charge on any atom is -0.463 e. The SMILES string of the molecule is CCC/C(C#N)=C(\CCC)C/C(=C\CCc1ccccc1)C(=O)OCC. The van der Waals surface area contributed by atoms with Crippen molar-refractivity contribution in [2.75, 3.05) is 6.61 Å². The van der Waals surface area contributed by atoms with Gasteiger partial charge < -0.3 is 4.74 Å². The van der Waals surface area contributed by atoms with Crippen LogP contribution in [0, 0.1) is 11.3 Å². The molecule has 0 amide bonds. The first-order chi connectivity index (χ1) is 12.7. The molecule has 26 heavy (non-hydrogen) atoms. The van der Waals surface area contributed by atoms with Crippen LogP contribution in [0.15, 0.2) is 53.1 Å². The number of nitriles is 1. The van der Waals surface area contributed by atoms with E-state index >= 15 is 0 Å². The van der Waals surface area contributed by atoms with Crippen molar-refractivity contribution in [3.05, 3.63) is 58.7 Å². The Balaban J connectivity index is 2.98. The summed E-state index contributed by atoms with van der Waals surface area (Å²) in [5.74, 6) is -0.261. The standard InChI is InChI=1S/C23H31NO2/c1-4-11-20(22(18-24)12-5-2)17-21(23(25)26-6-3)16-10-15-19-13-8-7-9-14-19/h7-9,13-14,16H,4-6,10-12,15,17H2,1-3H3/b21-16+,22-20-. The fourth-order valence-electron chi connectivity index (χ4n) is 2.95. The minimum absolute atomic E-state index is 0.261. The molecule has 0 bridgehead atoms. The molecule has 0 saturated carbocycles. The monoisotopic (exact) mass is 353 g/mol. The summed E-state index contributed by atoms with van der Waals surface area (Å²) in [4.78, 5) is 12.4. The molecular formula is C23H31NO2. The molecule has 1 aromatic carbocycles. The van der Waals surface area contributed by atoms with Crippen molar-refractivity contribution in [1.29, 1.82) is 5.26 Å². The van der Waals surface area contributed by atoms with Gasteiger partial charge in [0, 0.05) is 17.6 Å². The fraction of sp³-hybridized carbons (Fsp3) is 0.478. The van der Waals surface area contributed by atoms with Gasteiger partial charge in [-0.15, -0.1) is 0 Å². The van der Waals surface area contributed by atoms with Crippen LogP contribution in [0.2, 0.25) is 0 Å². The van der Waals surface area contributed by atoms with E-state index in [2.05, 4.69) is 32.0 Å². The Hall–Kier alpha value is -2.34. The number of allylic oxidation sites excluding steroid dienone is 3. The summed E-state index contributed by atoms with van der Waals surface area (Å²) >= 11 is 0. The second kappa shape index (κ2) is 12.9. The molecule has 3 heteroatoms. The Morgan fingerprint density at radius 1 is 1.12 bits per heavy atom. The van der Waals surface area contributed by atoms with Crippen LogP contribution in [0.5, 0.6) is 0 Å². The number of benzene rings is 1. The van der Waals surface area contributed by atoms with E-state index in [1.165, 1.54) is 5.56 Å². The third kappa shape index (κ3) is 7.70. The van der Waals surface area contributed by atoms with E-state index in [-0.39, 0.29) is 5.97 Å². The van der Waals surface area contributed by atoms with E-state index < -0.39 is 0 Å². The van der Waals surface area contributed by atoms with Gasteiger partial charge in [-0.05, 0) is 38.2 Å². The molecule has 0 aliphatic rings. The molecule has 0 aliphatic carbocycles. The first-order valence-corrected chi connectivity index (χ1v) is 9.67. The lowest BCUT2D eigenvalue weighted by Gasteiger charge is -2.13. The van der Waals surface area contributed by atoms with Crippen LogP contribution in [-0.4, -0.2) is 12.6 Å². The zero-order valence-corrected chi connectivity index (χ0v) is 16.4. The maximum atomic E-state index is 12.4. The second-order valence-electron chi connectivity index (χ2n) is 6.34. The van der Waals surface area contributed by atoms with Gasteiger partial charge in [0.2, 0.25) is 0 Å². The number of aryl methyl sites for hydroxylation is 1. The predicted molar refractivity (Wildman–Crippen MR) is 107 cm³/mol. The Bertz CT molecular complexity index is 651. The van der Waals surface area contributed by atoms with Gasteiger partial charge in [-0.25, -0.2) is 4.79 Å². The highest BCUT2D eigenvalue weighted by Gasteiger charge is 2.15. The predicted octanol–water partition coefficient (Wildman–Crippen LogP) is 5.92. The summed E-state index contributed by atoms with van der Waals surface area (Å²) in [7, 11) is 0. The molecule has 0 unspecified atom stereocenters. The number of carbonyl (C=O) groups excluding carboxylic acids is 1. The number of hydrogen-bond donors (Lipinski definition) is 0. The molecule has 0 radical (unpaired) electrons. The molecular weight excluding hydrogens is 322 g/mol. The van der Waals surface area contributed by atoms with Crippen molar-refractivity contribution < 1.29 is 9.53 Å². The topological polar surface area (TPSA) is 50.1 Å². The molecule has 0 aliphatic heterocycles. The van der Waals surface area contributed by atoms with Crippen molar-refractivity contribution in [2.24, 2.45) is 0 Å². The van der Waals surface area contributed by atoms with E-state index in [1.54, 1.807) is 0 Å². The molecule has 0 saturated heterocycles. The van der Waals surface area contributed by atoms with E-state index in [9.17, 15) is 10.1 Å². The summed E-state index contributed by atoms with van der Waals surface area (Å²) in [5.41, 5.74) is 3.83. The van der Waals surface area contributed by atoms with Gasteiger partial charge in [-0.2, -0.15) is 5.26 Å². The lowest BCUT2D eigenvalue weighted by Crippen LogP contribution is -2.09. The number of ether oxygens (including phenoxy) is 1. The van der Waals surface area contributed by atoms with Crippen LogP contribution in [-0.2, 0) is 16.0 Å². The smallest absolute Gasteiger partial charge is 0.333 e.